The molecule has 6 heteroatoms. The lowest BCUT2D eigenvalue weighted by Crippen LogP contribution is -2.12. The van der Waals surface area contributed by atoms with Crippen LogP contribution >= 0.6 is 0 Å². The van der Waals surface area contributed by atoms with Crippen molar-refractivity contribution in [3.63, 3.8) is 0 Å². The number of carbonyl (C=O) groups is 1. The van der Waals surface area contributed by atoms with Crippen LogP contribution in [0.5, 0.6) is 0 Å². The molecule has 0 bridgehead atoms. The Morgan fingerprint density at radius 2 is 2.17 bits per heavy atom. The van der Waals surface area contributed by atoms with Crippen molar-refractivity contribution in [1.29, 1.82) is 0 Å². The Balaban J connectivity index is 1.71. The van der Waals surface area contributed by atoms with Gasteiger partial charge in [0, 0.05) is 18.5 Å². The van der Waals surface area contributed by atoms with E-state index in [1.165, 1.54) is 5.57 Å². The highest BCUT2D eigenvalue weighted by Gasteiger charge is 2.27. The number of ether oxygens (including phenoxy) is 1. The number of hydrogen-bond donors (Lipinski definition) is 1. The van der Waals surface area contributed by atoms with E-state index in [0.29, 0.717) is 44.1 Å². The highest BCUT2D eigenvalue weighted by molar-refractivity contribution is 5.86. The molecule has 1 aliphatic carbocycles. The second-order valence-corrected chi connectivity index (χ2v) is 7.64. The van der Waals surface area contributed by atoms with E-state index in [1.807, 2.05) is 12.1 Å². The van der Waals surface area contributed by atoms with Crippen LogP contribution in [0, 0.1) is 0 Å². The molecular weight excluding hydrogens is 371 g/mol. The second kappa shape index (κ2) is 8.82. The summed E-state index contributed by atoms with van der Waals surface area (Å²) in [7, 11) is 0. The van der Waals surface area contributed by atoms with Crippen LogP contribution in [0.1, 0.15) is 70.2 Å². The highest BCUT2D eigenvalue weighted by atomic mass is 19.1. The summed E-state index contributed by atoms with van der Waals surface area (Å²) in [5.74, 6) is -0.706. The molecule has 0 spiro atoms. The van der Waals surface area contributed by atoms with E-state index in [4.69, 9.17) is 4.74 Å². The van der Waals surface area contributed by atoms with Gasteiger partial charge in [0.05, 0.1) is 31.3 Å². The van der Waals surface area contributed by atoms with Crippen LogP contribution in [-0.4, -0.2) is 40.9 Å². The third-order valence-corrected chi connectivity index (χ3v) is 5.57. The van der Waals surface area contributed by atoms with E-state index >= 15 is 0 Å². The number of carboxylic acid groups (broad SMARTS) is 1. The van der Waals surface area contributed by atoms with E-state index in [-0.39, 0.29) is 12.4 Å². The highest BCUT2D eigenvalue weighted by Crippen LogP contribution is 2.39. The van der Waals surface area contributed by atoms with Crippen LogP contribution in [-0.2, 0) is 17.6 Å². The molecule has 0 saturated heterocycles. The molecule has 2 aromatic rings. The molecule has 1 aliphatic heterocycles. The van der Waals surface area contributed by atoms with Gasteiger partial charge in [-0.3, -0.25) is 9.37 Å². The maximum absolute atomic E-state index is 13.0. The Hall–Kier alpha value is -2.60. The van der Waals surface area contributed by atoms with Gasteiger partial charge in [-0.15, -0.1) is 0 Å². The molecule has 0 atom stereocenters. The minimum absolute atomic E-state index is 0.0292. The smallest absolute Gasteiger partial charge is 0.356 e. The minimum atomic E-state index is -1.05. The predicted molar refractivity (Wildman–Crippen MR) is 108 cm³/mol. The predicted octanol–water partition coefficient (Wildman–Crippen LogP) is 4.35. The SMILES string of the molecule is O=C(O)c1nc(C2CC2)cnc1Cc1cccc(C2=CCOCC2)c1CCCF. The van der Waals surface area contributed by atoms with Crippen molar-refractivity contribution >= 4 is 11.5 Å². The van der Waals surface area contributed by atoms with Crippen LogP contribution in [0.2, 0.25) is 0 Å². The fourth-order valence-electron chi connectivity index (χ4n) is 3.90. The van der Waals surface area contributed by atoms with Gasteiger partial charge in [-0.05, 0) is 54.4 Å². The summed E-state index contributed by atoms with van der Waals surface area (Å²) in [4.78, 5) is 20.7. The summed E-state index contributed by atoms with van der Waals surface area (Å²) >= 11 is 0. The topological polar surface area (TPSA) is 72.3 Å². The number of rotatable bonds is 8. The first-order valence-electron chi connectivity index (χ1n) is 10.2. The maximum Gasteiger partial charge on any atom is 0.356 e. The summed E-state index contributed by atoms with van der Waals surface area (Å²) in [6.45, 7) is 0.876. The number of nitrogens with zero attached hydrogens (tertiary/aromatic N) is 2. The largest absolute Gasteiger partial charge is 0.476 e. The van der Waals surface area contributed by atoms with Crippen LogP contribution in [0.25, 0.3) is 5.57 Å². The molecule has 2 heterocycles. The van der Waals surface area contributed by atoms with Gasteiger partial charge in [0.25, 0.3) is 0 Å². The van der Waals surface area contributed by atoms with Gasteiger partial charge < -0.3 is 9.84 Å². The Morgan fingerprint density at radius 3 is 2.86 bits per heavy atom. The zero-order chi connectivity index (χ0) is 20.2. The average molecular weight is 396 g/mol. The van der Waals surface area contributed by atoms with Gasteiger partial charge in [0.2, 0.25) is 0 Å². The van der Waals surface area contributed by atoms with E-state index in [1.54, 1.807) is 6.20 Å². The van der Waals surface area contributed by atoms with Gasteiger partial charge >= 0.3 is 5.97 Å². The lowest BCUT2D eigenvalue weighted by molar-refractivity contribution is 0.0688. The van der Waals surface area contributed by atoms with Crippen LogP contribution in [0.3, 0.4) is 0 Å². The Bertz CT molecular complexity index is 938. The van der Waals surface area contributed by atoms with Gasteiger partial charge in [0.1, 0.15) is 0 Å². The molecule has 0 radical (unpaired) electrons. The van der Waals surface area contributed by atoms with Gasteiger partial charge in [0.15, 0.2) is 5.69 Å². The summed E-state index contributed by atoms with van der Waals surface area (Å²) in [6.07, 6.45) is 8.12. The molecule has 0 unspecified atom stereocenters. The summed E-state index contributed by atoms with van der Waals surface area (Å²) < 4.78 is 18.4. The number of halogens is 1. The van der Waals surface area contributed by atoms with Crippen LogP contribution in [0.15, 0.2) is 30.5 Å². The number of carboxylic acids is 1. The van der Waals surface area contributed by atoms with Gasteiger partial charge in [-0.1, -0.05) is 24.3 Å². The van der Waals surface area contributed by atoms with Crippen molar-refractivity contribution in [3.8, 4) is 0 Å². The van der Waals surface area contributed by atoms with Crippen molar-refractivity contribution < 1.29 is 19.0 Å². The molecule has 1 aromatic heterocycles. The minimum Gasteiger partial charge on any atom is -0.476 e. The maximum atomic E-state index is 13.0. The lowest BCUT2D eigenvalue weighted by Gasteiger charge is -2.20. The second-order valence-electron chi connectivity index (χ2n) is 7.64. The number of alkyl halides is 1. The Labute approximate surface area is 169 Å². The Morgan fingerprint density at radius 1 is 1.31 bits per heavy atom. The van der Waals surface area contributed by atoms with E-state index in [0.717, 1.165) is 41.6 Å². The van der Waals surface area contributed by atoms with Crippen LogP contribution < -0.4 is 0 Å². The van der Waals surface area contributed by atoms with Crippen LogP contribution in [0.4, 0.5) is 4.39 Å². The van der Waals surface area contributed by atoms with Crippen molar-refractivity contribution in [2.75, 3.05) is 19.9 Å². The van der Waals surface area contributed by atoms with Crippen molar-refractivity contribution in [3.05, 3.63) is 64.2 Å². The van der Waals surface area contributed by atoms with E-state index in [9.17, 15) is 14.3 Å². The summed E-state index contributed by atoms with van der Waals surface area (Å²) in [5, 5.41) is 9.66. The van der Waals surface area contributed by atoms with Crippen molar-refractivity contribution in [2.45, 2.75) is 44.4 Å². The number of hydrogen-bond acceptors (Lipinski definition) is 4. The van der Waals surface area contributed by atoms with Crippen molar-refractivity contribution in [1.82, 2.24) is 9.97 Å². The molecule has 29 heavy (non-hydrogen) atoms. The molecule has 2 aliphatic rings. The summed E-state index contributed by atoms with van der Waals surface area (Å²) in [6, 6.07) is 6.03. The molecule has 1 fully saturated rings. The number of aromatic nitrogens is 2. The fourth-order valence-corrected chi connectivity index (χ4v) is 3.90. The average Bonchev–Trinajstić information content (AvgIpc) is 3.59. The molecule has 1 saturated carbocycles. The third kappa shape index (κ3) is 4.53. The monoisotopic (exact) mass is 396 g/mol. The number of benzene rings is 1. The molecule has 5 nitrogen and oxygen atoms in total. The standard InChI is InChI=1S/C23H25FN2O3/c24-10-2-5-19-17(3-1-4-18(19)15-8-11-29-12-9-15)13-20-22(23(27)28)26-21(14-25-20)16-6-7-16/h1,3-4,8,14,16H,2,5-7,9-13H2,(H,27,28). The zero-order valence-corrected chi connectivity index (χ0v) is 16.4. The molecule has 1 N–H and O–H groups in total. The quantitative estimate of drug-likeness (QED) is 0.718. The normalized spacial score (nSPS) is 16.5. The number of aromatic carboxylic acids is 1. The third-order valence-electron chi connectivity index (χ3n) is 5.57. The molecular formula is C23H25FN2O3. The first-order valence-corrected chi connectivity index (χ1v) is 10.2. The van der Waals surface area contributed by atoms with E-state index < -0.39 is 5.97 Å². The first-order chi connectivity index (χ1) is 14.2. The first kappa shape index (κ1) is 19.7. The fraction of sp³-hybridized carbons (Fsp3) is 0.435. The molecule has 1 aromatic carbocycles. The van der Waals surface area contributed by atoms with Crippen molar-refractivity contribution in [2.24, 2.45) is 0 Å². The molecule has 4 rings (SSSR count). The van der Waals surface area contributed by atoms with E-state index in [2.05, 4.69) is 22.1 Å². The summed E-state index contributed by atoms with van der Waals surface area (Å²) in [5.41, 5.74) is 5.63. The molecule has 152 valence electrons. The lowest BCUT2D eigenvalue weighted by atomic mass is 9.88. The van der Waals surface area contributed by atoms with Gasteiger partial charge in [-0.2, -0.15) is 0 Å². The molecule has 0 amide bonds. The Kier molecular flexibility index (Phi) is 6.00. The zero-order valence-electron chi connectivity index (χ0n) is 16.4. The van der Waals surface area contributed by atoms with Gasteiger partial charge in [-0.25, -0.2) is 9.78 Å².